The topological polar surface area (TPSA) is 65.0 Å². The van der Waals surface area contributed by atoms with E-state index in [2.05, 4.69) is 4.52 Å². The van der Waals surface area contributed by atoms with Gasteiger partial charge < -0.3 is 18.9 Å². The molecule has 1 N–H and O–H groups in total. The highest BCUT2D eigenvalue weighted by molar-refractivity contribution is 7.33. The fourth-order valence-electron chi connectivity index (χ4n) is 0.510. The summed E-state index contributed by atoms with van der Waals surface area (Å²) < 4.78 is 25.0. The van der Waals surface area contributed by atoms with Crippen LogP contribution in [0.4, 0.5) is 0 Å². The minimum absolute atomic E-state index is 0.0132. The number of aliphatic hydroxyl groups excluding tert-OH is 1. The van der Waals surface area contributed by atoms with Crippen LogP contribution < -0.4 is 0 Å². The molecule has 74 valence electrons. The summed E-state index contributed by atoms with van der Waals surface area (Å²) in [4.78, 5) is 0. The maximum absolute atomic E-state index is 10.7. The van der Waals surface area contributed by atoms with E-state index in [1.165, 1.54) is 0 Å². The van der Waals surface area contributed by atoms with Crippen LogP contribution in [0.1, 0.15) is 6.92 Å². The van der Waals surface area contributed by atoms with Crippen molar-refractivity contribution in [2.75, 3.05) is 33.0 Å². The summed E-state index contributed by atoms with van der Waals surface area (Å²) in [5, 5.41) is 8.31. The number of rotatable bonds is 8. The summed E-state index contributed by atoms with van der Waals surface area (Å²) in [6, 6.07) is 0. The molecule has 0 saturated heterocycles. The number of ether oxygens (including phenoxy) is 1. The molecular formula is C6H15O5P. The van der Waals surface area contributed by atoms with E-state index < -0.39 is 8.25 Å². The Hall–Kier alpha value is 0.0700. The van der Waals surface area contributed by atoms with Crippen molar-refractivity contribution in [3.63, 3.8) is 0 Å². The molecule has 0 fully saturated rings. The maximum Gasteiger partial charge on any atom is 0.319 e. The summed E-state index contributed by atoms with van der Waals surface area (Å²) in [5.41, 5.74) is 0. The molecule has 1 atom stereocenters. The zero-order chi connectivity index (χ0) is 9.23. The molecule has 5 nitrogen and oxygen atoms in total. The van der Waals surface area contributed by atoms with E-state index in [1.54, 1.807) is 6.92 Å². The standard InChI is InChI=1S/C6H15O5P/c1-2-10-12(8)11-6-5-9-4-3-7/h7,12H,2-6H2,1H3. The van der Waals surface area contributed by atoms with Gasteiger partial charge in [-0.3, -0.25) is 4.57 Å². The van der Waals surface area contributed by atoms with Gasteiger partial charge >= 0.3 is 8.25 Å². The lowest BCUT2D eigenvalue weighted by Gasteiger charge is -2.03. The Balaban J connectivity index is 3.03. The molecule has 0 bridgehead atoms. The molecule has 0 radical (unpaired) electrons. The van der Waals surface area contributed by atoms with E-state index in [-0.39, 0.29) is 19.8 Å². The molecule has 0 aliphatic carbocycles. The van der Waals surface area contributed by atoms with Gasteiger partial charge in [0.15, 0.2) is 0 Å². The Labute approximate surface area is 72.6 Å². The fraction of sp³-hybridized carbons (Fsp3) is 1.00. The summed E-state index contributed by atoms with van der Waals surface area (Å²) in [5.74, 6) is 0. The lowest BCUT2D eigenvalue weighted by Crippen LogP contribution is -2.04. The van der Waals surface area contributed by atoms with Crippen LogP contribution in [0.25, 0.3) is 0 Å². The number of hydrogen-bond acceptors (Lipinski definition) is 5. The summed E-state index contributed by atoms with van der Waals surface area (Å²) in [7, 11) is -2.32. The average Bonchev–Trinajstić information content (AvgIpc) is 2.05. The highest BCUT2D eigenvalue weighted by atomic mass is 31.1. The second-order valence-corrected chi connectivity index (χ2v) is 2.94. The van der Waals surface area contributed by atoms with Gasteiger partial charge in [-0.25, -0.2) is 0 Å². The minimum Gasteiger partial charge on any atom is -0.394 e. The van der Waals surface area contributed by atoms with Crippen LogP contribution in [0.3, 0.4) is 0 Å². The zero-order valence-corrected chi connectivity index (χ0v) is 8.12. The van der Waals surface area contributed by atoms with E-state index in [1.807, 2.05) is 0 Å². The van der Waals surface area contributed by atoms with Crippen molar-refractivity contribution in [3.05, 3.63) is 0 Å². The first-order chi connectivity index (χ1) is 5.81. The van der Waals surface area contributed by atoms with Crippen molar-refractivity contribution in [2.24, 2.45) is 0 Å². The molecular weight excluding hydrogens is 183 g/mol. The van der Waals surface area contributed by atoms with Gasteiger partial charge in [0, 0.05) is 0 Å². The normalized spacial score (nSPS) is 13.2. The minimum atomic E-state index is -2.32. The zero-order valence-electron chi connectivity index (χ0n) is 7.12. The lowest BCUT2D eigenvalue weighted by atomic mass is 10.7. The van der Waals surface area contributed by atoms with Crippen molar-refractivity contribution in [1.29, 1.82) is 0 Å². The van der Waals surface area contributed by atoms with E-state index in [4.69, 9.17) is 14.4 Å². The monoisotopic (exact) mass is 198 g/mol. The van der Waals surface area contributed by atoms with Crippen molar-refractivity contribution in [2.45, 2.75) is 6.92 Å². The third-order valence-electron chi connectivity index (χ3n) is 0.945. The molecule has 0 aliphatic rings. The van der Waals surface area contributed by atoms with Crippen LogP contribution in [0, 0.1) is 0 Å². The van der Waals surface area contributed by atoms with Crippen molar-refractivity contribution >= 4 is 8.25 Å². The van der Waals surface area contributed by atoms with Crippen LogP contribution in [0.15, 0.2) is 0 Å². The Morgan fingerprint density at radius 2 is 2.00 bits per heavy atom. The van der Waals surface area contributed by atoms with Crippen LogP contribution in [-0.2, 0) is 18.3 Å². The third kappa shape index (κ3) is 8.17. The molecule has 0 heterocycles. The van der Waals surface area contributed by atoms with Crippen LogP contribution in [0.5, 0.6) is 0 Å². The predicted octanol–water partition coefficient (Wildman–Crippen LogP) is 0.438. The van der Waals surface area contributed by atoms with Gasteiger partial charge in [-0.1, -0.05) is 0 Å². The predicted molar refractivity (Wildman–Crippen MR) is 44.5 cm³/mol. The van der Waals surface area contributed by atoms with Crippen LogP contribution in [-0.4, -0.2) is 38.1 Å². The molecule has 0 aliphatic heterocycles. The SMILES string of the molecule is CCO[PH](=O)OCCOCCO. The fourth-order valence-corrected chi connectivity index (χ4v) is 1.08. The van der Waals surface area contributed by atoms with Gasteiger partial charge in [0.2, 0.25) is 0 Å². The smallest absolute Gasteiger partial charge is 0.319 e. The van der Waals surface area contributed by atoms with Crippen molar-refractivity contribution in [3.8, 4) is 0 Å². The number of aliphatic hydroxyl groups is 1. The second kappa shape index (κ2) is 9.16. The van der Waals surface area contributed by atoms with Crippen molar-refractivity contribution < 1.29 is 23.5 Å². The molecule has 0 aromatic heterocycles. The molecule has 0 aromatic carbocycles. The third-order valence-corrected chi connectivity index (χ3v) is 1.91. The first-order valence-corrected chi connectivity index (χ1v) is 5.02. The lowest BCUT2D eigenvalue weighted by molar-refractivity contribution is 0.0680. The molecule has 12 heavy (non-hydrogen) atoms. The van der Waals surface area contributed by atoms with Crippen LogP contribution >= 0.6 is 8.25 Å². The van der Waals surface area contributed by atoms with Crippen LogP contribution in [0.2, 0.25) is 0 Å². The highest BCUT2D eigenvalue weighted by Gasteiger charge is 1.96. The summed E-state index contributed by atoms with van der Waals surface area (Å²) in [6.07, 6.45) is 0. The van der Waals surface area contributed by atoms with Gasteiger partial charge in [-0.05, 0) is 6.92 Å². The second-order valence-electron chi connectivity index (χ2n) is 1.87. The molecule has 0 rings (SSSR count). The summed E-state index contributed by atoms with van der Waals surface area (Å²) in [6.45, 7) is 2.95. The molecule has 0 spiro atoms. The van der Waals surface area contributed by atoms with Gasteiger partial charge in [-0.15, -0.1) is 0 Å². The summed E-state index contributed by atoms with van der Waals surface area (Å²) >= 11 is 0. The molecule has 0 saturated carbocycles. The Morgan fingerprint density at radius 1 is 1.25 bits per heavy atom. The van der Waals surface area contributed by atoms with Gasteiger partial charge in [0.25, 0.3) is 0 Å². The van der Waals surface area contributed by atoms with Gasteiger partial charge in [-0.2, -0.15) is 0 Å². The maximum atomic E-state index is 10.7. The molecule has 0 aromatic rings. The molecule has 6 heteroatoms. The Bertz CT molecular complexity index is 119. The quantitative estimate of drug-likeness (QED) is 0.452. The average molecular weight is 198 g/mol. The van der Waals surface area contributed by atoms with Gasteiger partial charge in [0.1, 0.15) is 0 Å². The van der Waals surface area contributed by atoms with Gasteiger partial charge in [0.05, 0.1) is 33.0 Å². The van der Waals surface area contributed by atoms with E-state index in [9.17, 15) is 4.57 Å². The van der Waals surface area contributed by atoms with E-state index >= 15 is 0 Å². The molecule has 0 amide bonds. The molecule has 1 unspecified atom stereocenters. The number of hydrogen-bond donors (Lipinski definition) is 1. The van der Waals surface area contributed by atoms with E-state index in [0.29, 0.717) is 13.2 Å². The highest BCUT2D eigenvalue weighted by Crippen LogP contribution is 2.22. The largest absolute Gasteiger partial charge is 0.394 e. The Morgan fingerprint density at radius 3 is 2.58 bits per heavy atom. The first-order valence-electron chi connectivity index (χ1n) is 3.79. The van der Waals surface area contributed by atoms with E-state index in [0.717, 1.165) is 0 Å². The first kappa shape index (κ1) is 12.1. The Kier molecular flexibility index (Phi) is 9.21. The van der Waals surface area contributed by atoms with Crippen molar-refractivity contribution in [1.82, 2.24) is 0 Å².